The quantitative estimate of drug-likeness (QED) is 0.756. The molecule has 0 unspecified atom stereocenters. The molecule has 1 heterocycles. The Bertz CT molecular complexity index is 654. The Morgan fingerprint density at radius 2 is 1.89 bits per heavy atom. The third kappa shape index (κ3) is 2.85. The van der Waals surface area contributed by atoms with Gasteiger partial charge in [-0.2, -0.15) is 0 Å². The Balaban J connectivity index is 2.09. The van der Waals surface area contributed by atoms with Gasteiger partial charge in [-0.15, -0.1) is 0 Å². The monoisotopic (exact) mass is 247 g/mol. The van der Waals surface area contributed by atoms with E-state index in [-0.39, 0.29) is 30.2 Å². The lowest BCUT2D eigenvalue weighted by atomic mass is 10.2. The van der Waals surface area contributed by atoms with Crippen LogP contribution in [0.5, 0.6) is 0 Å². The van der Waals surface area contributed by atoms with Gasteiger partial charge in [0.05, 0.1) is 11.0 Å². The van der Waals surface area contributed by atoms with Gasteiger partial charge < -0.3 is 20.1 Å². The van der Waals surface area contributed by atoms with E-state index >= 15 is 0 Å². The molecule has 0 aliphatic rings. The van der Waals surface area contributed by atoms with E-state index in [1.807, 2.05) is 0 Å². The summed E-state index contributed by atoms with van der Waals surface area (Å²) in [5.74, 6) is -0.238. The molecule has 3 N–H and O–H groups in total. The Labute approximate surface area is 102 Å². The number of ketones is 1. The minimum absolute atomic E-state index is 0.0180. The summed E-state index contributed by atoms with van der Waals surface area (Å²) in [6.45, 7) is 1.45. The van der Waals surface area contributed by atoms with Crippen LogP contribution >= 0.6 is 0 Å². The van der Waals surface area contributed by atoms with Crippen LogP contribution in [0.25, 0.3) is 11.0 Å². The lowest BCUT2D eigenvalue weighted by Gasteiger charge is -2.04. The van der Waals surface area contributed by atoms with Gasteiger partial charge >= 0.3 is 5.69 Å². The Kier molecular flexibility index (Phi) is 3.27. The normalized spacial score (nSPS) is 10.5. The predicted molar refractivity (Wildman–Crippen MR) is 67.5 cm³/mol. The highest BCUT2D eigenvalue weighted by atomic mass is 16.2. The van der Waals surface area contributed by atoms with Gasteiger partial charge in [-0.25, -0.2) is 4.79 Å². The van der Waals surface area contributed by atoms with E-state index in [0.29, 0.717) is 16.7 Å². The molecule has 94 valence electrons. The highest BCUT2D eigenvalue weighted by molar-refractivity contribution is 5.94. The largest absolute Gasteiger partial charge is 0.326 e. The number of anilines is 1. The number of fused-ring (bicyclic) bond motifs is 1. The number of imidazole rings is 1. The first-order valence-electron chi connectivity index (χ1n) is 5.56. The molecule has 18 heavy (non-hydrogen) atoms. The number of amides is 1. The molecule has 0 aliphatic carbocycles. The minimum atomic E-state index is -0.287. The highest BCUT2D eigenvalue weighted by Crippen LogP contribution is 2.14. The summed E-state index contributed by atoms with van der Waals surface area (Å²) in [5, 5.41) is 2.67. The van der Waals surface area contributed by atoms with Crippen molar-refractivity contribution < 1.29 is 9.59 Å². The second-order valence-electron chi connectivity index (χ2n) is 4.09. The molecular formula is C12H13N3O3. The average Bonchev–Trinajstić information content (AvgIpc) is 2.66. The van der Waals surface area contributed by atoms with Crippen molar-refractivity contribution in [3.8, 4) is 0 Å². The number of Topliss-reactive ketones (excluding diaryl/α,β-unsaturated/α-hetero) is 1. The topological polar surface area (TPSA) is 94.8 Å². The first kappa shape index (κ1) is 12.1. The SMILES string of the molecule is CC(=O)CCC(=O)Nc1ccc2[nH]c(=O)[nH]c2c1. The molecule has 2 rings (SSSR count). The smallest absolute Gasteiger partial charge is 0.323 e. The average molecular weight is 247 g/mol. The summed E-state index contributed by atoms with van der Waals surface area (Å²) < 4.78 is 0. The van der Waals surface area contributed by atoms with Gasteiger partial charge in [-0.1, -0.05) is 0 Å². The Hall–Kier alpha value is -2.37. The number of hydrogen-bond acceptors (Lipinski definition) is 3. The van der Waals surface area contributed by atoms with E-state index in [1.165, 1.54) is 6.92 Å². The summed E-state index contributed by atoms with van der Waals surface area (Å²) in [6.07, 6.45) is 0.395. The lowest BCUT2D eigenvalue weighted by molar-refractivity contribution is -0.121. The van der Waals surface area contributed by atoms with Crippen molar-refractivity contribution in [1.82, 2.24) is 9.97 Å². The first-order chi connectivity index (χ1) is 8.54. The zero-order valence-corrected chi connectivity index (χ0v) is 9.87. The molecule has 0 fully saturated rings. The molecule has 1 amide bonds. The molecule has 0 saturated heterocycles. The lowest BCUT2D eigenvalue weighted by Crippen LogP contribution is -2.12. The molecule has 2 aromatic rings. The number of rotatable bonds is 4. The fourth-order valence-electron chi connectivity index (χ4n) is 1.62. The minimum Gasteiger partial charge on any atom is -0.326 e. The van der Waals surface area contributed by atoms with Gasteiger partial charge in [0.2, 0.25) is 5.91 Å². The van der Waals surface area contributed by atoms with Gasteiger partial charge in [0.15, 0.2) is 0 Å². The number of nitrogens with one attached hydrogen (secondary N) is 3. The Morgan fingerprint density at radius 3 is 2.61 bits per heavy atom. The van der Waals surface area contributed by atoms with Crippen LogP contribution in [0.15, 0.2) is 23.0 Å². The van der Waals surface area contributed by atoms with Crippen LogP contribution in [-0.2, 0) is 9.59 Å². The van der Waals surface area contributed by atoms with Crippen molar-refractivity contribution >= 4 is 28.4 Å². The third-order valence-corrected chi connectivity index (χ3v) is 2.50. The van der Waals surface area contributed by atoms with E-state index < -0.39 is 0 Å². The fourth-order valence-corrected chi connectivity index (χ4v) is 1.62. The number of carbonyl (C=O) groups excluding carboxylic acids is 2. The van der Waals surface area contributed by atoms with Crippen LogP contribution in [0.1, 0.15) is 19.8 Å². The molecule has 6 heteroatoms. The van der Waals surface area contributed by atoms with Crippen LogP contribution in [0.3, 0.4) is 0 Å². The van der Waals surface area contributed by atoms with Gasteiger partial charge in [-0.05, 0) is 25.1 Å². The van der Waals surface area contributed by atoms with Gasteiger partial charge in [0, 0.05) is 18.5 Å². The molecule has 0 atom stereocenters. The number of H-pyrrole nitrogens is 2. The molecule has 6 nitrogen and oxygen atoms in total. The fraction of sp³-hybridized carbons (Fsp3) is 0.250. The van der Waals surface area contributed by atoms with E-state index in [4.69, 9.17) is 0 Å². The maximum absolute atomic E-state index is 11.5. The molecule has 0 bridgehead atoms. The van der Waals surface area contributed by atoms with Crippen molar-refractivity contribution in [3.05, 3.63) is 28.7 Å². The summed E-state index contributed by atoms with van der Waals surface area (Å²) in [4.78, 5) is 38.5. The molecule has 1 aromatic carbocycles. The molecule has 0 spiro atoms. The number of hydrogen-bond donors (Lipinski definition) is 3. The van der Waals surface area contributed by atoms with Crippen molar-refractivity contribution in [3.63, 3.8) is 0 Å². The zero-order valence-electron chi connectivity index (χ0n) is 9.87. The molecule has 0 aliphatic heterocycles. The summed E-state index contributed by atoms with van der Waals surface area (Å²) >= 11 is 0. The van der Waals surface area contributed by atoms with Gasteiger partial charge in [0.25, 0.3) is 0 Å². The second-order valence-corrected chi connectivity index (χ2v) is 4.09. The van der Waals surface area contributed by atoms with Crippen molar-refractivity contribution in [2.45, 2.75) is 19.8 Å². The number of aromatic nitrogens is 2. The van der Waals surface area contributed by atoms with Crippen LogP contribution in [0.2, 0.25) is 0 Å². The maximum Gasteiger partial charge on any atom is 0.323 e. The summed E-state index contributed by atoms with van der Waals surface area (Å²) in [7, 11) is 0. The van der Waals surface area contributed by atoms with Gasteiger partial charge in [-0.3, -0.25) is 4.79 Å². The standard InChI is InChI=1S/C12H13N3O3/c1-7(16)2-5-11(17)13-8-3-4-9-10(6-8)15-12(18)14-9/h3-4,6H,2,5H2,1H3,(H,13,17)(H2,14,15,18). The zero-order chi connectivity index (χ0) is 13.1. The van der Waals surface area contributed by atoms with E-state index in [1.54, 1.807) is 18.2 Å². The molecule has 1 aromatic heterocycles. The van der Waals surface area contributed by atoms with Crippen molar-refractivity contribution in [2.24, 2.45) is 0 Å². The van der Waals surface area contributed by atoms with Crippen LogP contribution in [0.4, 0.5) is 5.69 Å². The van der Waals surface area contributed by atoms with Crippen molar-refractivity contribution in [1.29, 1.82) is 0 Å². The summed E-state index contributed by atoms with van der Waals surface area (Å²) in [6, 6.07) is 5.06. The first-order valence-corrected chi connectivity index (χ1v) is 5.56. The summed E-state index contributed by atoms with van der Waals surface area (Å²) in [5.41, 5.74) is 1.61. The van der Waals surface area contributed by atoms with E-state index in [9.17, 15) is 14.4 Å². The van der Waals surface area contributed by atoms with Crippen LogP contribution < -0.4 is 11.0 Å². The highest BCUT2D eigenvalue weighted by Gasteiger charge is 2.05. The molecule has 0 radical (unpaired) electrons. The van der Waals surface area contributed by atoms with Crippen LogP contribution in [0, 0.1) is 0 Å². The molecular weight excluding hydrogens is 234 g/mol. The predicted octanol–water partition coefficient (Wildman–Crippen LogP) is 1.16. The third-order valence-electron chi connectivity index (χ3n) is 2.50. The van der Waals surface area contributed by atoms with E-state index in [2.05, 4.69) is 15.3 Å². The number of benzene rings is 1. The molecule has 0 saturated carbocycles. The second kappa shape index (κ2) is 4.87. The van der Waals surface area contributed by atoms with Gasteiger partial charge in [0.1, 0.15) is 5.78 Å². The Morgan fingerprint density at radius 1 is 1.17 bits per heavy atom. The number of carbonyl (C=O) groups is 2. The van der Waals surface area contributed by atoms with Crippen LogP contribution in [-0.4, -0.2) is 21.7 Å². The van der Waals surface area contributed by atoms with E-state index in [0.717, 1.165) is 0 Å². The number of aromatic amines is 2. The van der Waals surface area contributed by atoms with Crippen molar-refractivity contribution in [2.75, 3.05) is 5.32 Å². The maximum atomic E-state index is 11.5.